The Labute approximate surface area is 162 Å². The minimum atomic E-state index is -3.76. The van der Waals surface area contributed by atoms with Crippen molar-refractivity contribution in [2.45, 2.75) is 41.1 Å². The van der Waals surface area contributed by atoms with Crippen LogP contribution in [0.3, 0.4) is 0 Å². The molecule has 0 saturated heterocycles. The van der Waals surface area contributed by atoms with Gasteiger partial charge in [-0.1, -0.05) is 42.1 Å². The molecule has 1 saturated carbocycles. The number of thioether (sulfide) groups is 1. The Bertz CT molecular complexity index is 1010. The van der Waals surface area contributed by atoms with Crippen LogP contribution in [0.5, 0.6) is 0 Å². The number of primary sulfonamides is 1. The van der Waals surface area contributed by atoms with Crippen molar-refractivity contribution in [1.82, 2.24) is 0 Å². The highest BCUT2D eigenvalue weighted by Crippen LogP contribution is 2.53. The maximum absolute atomic E-state index is 12.7. The van der Waals surface area contributed by atoms with Crippen molar-refractivity contribution in [3.8, 4) is 0 Å². The highest BCUT2D eigenvalue weighted by atomic mass is 32.2. The van der Waals surface area contributed by atoms with Gasteiger partial charge in [0.25, 0.3) is 0 Å². The summed E-state index contributed by atoms with van der Waals surface area (Å²) in [6.07, 6.45) is 3.55. The third kappa shape index (κ3) is 3.42. The first-order valence-electron chi connectivity index (χ1n) is 8.73. The lowest BCUT2D eigenvalue weighted by Gasteiger charge is -2.26. The molecule has 0 radical (unpaired) electrons. The van der Waals surface area contributed by atoms with Gasteiger partial charge in [0.2, 0.25) is 10.0 Å². The summed E-state index contributed by atoms with van der Waals surface area (Å²) in [5.74, 6) is -0.309. The van der Waals surface area contributed by atoms with Gasteiger partial charge in [0.15, 0.2) is 0 Å². The third-order valence-corrected chi connectivity index (χ3v) is 7.01. The van der Waals surface area contributed by atoms with E-state index in [2.05, 4.69) is 0 Å². The van der Waals surface area contributed by atoms with Crippen molar-refractivity contribution in [3.63, 3.8) is 0 Å². The molecule has 27 heavy (non-hydrogen) atoms. The van der Waals surface area contributed by atoms with Crippen LogP contribution in [-0.4, -0.2) is 20.0 Å². The smallest absolute Gasteiger partial charge is 0.346 e. The van der Waals surface area contributed by atoms with Crippen molar-refractivity contribution in [2.24, 2.45) is 5.14 Å². The van der Waals surface area contributed by atoms with Crippen LogP contribution in [0.1, 0.15) is 31.2 Å². The number of carbonyl (C=O) groups is 1. The molecule has 1 heterocycles. The first-order chi connectivity index (χ1) is 12.9. The van der Waals surface area contributed by atoms with Crippen molar-refractivity contribution in [3.05, 3.63) is 65.1 Å². The van der Waals surface area contributed by atoms with E-state index in [9.17, 15) is 13.2 Å². The molecular formula is C20H19NO4S2. The number of sulfonamides is 1. The fourth-order valence-corrected chi connectivity index (χ4v) is 5.36. The highest BCUT2D eigenvalue weighted by Gasteiger charge is 2.50. The second-order valence-electron chi connectivity index (χ2n) is 6.78. The predicted molar refractivity (Wildman–Crippen MR) is 104 cm³/mol. The van der Waals surface area contributed by atoms with Crippen molar-refractivity contribution in [1.29, 1.82) is 0 Å². The van der Waals surface area contributed by atoms with Gasteiger partial charge in [-0.2, -0.15) is 0 Å². The number of hydrogen-bond donors (Lipinski definition) is 1. The summed E-state index contributed by atoms with van der Waals surface area (Å²) in [6.45, 7) is 0. The SMILES string of the molecule is NS(=O)(=O)c1ccc(C2=C(Sc3ccccc3)C(=O)OC23CCCC3)cc1. The van der Waals surface area contributed by atoms with E-state index in [4.69, 9.17) is 9.88 Å². The zero-order valence-electron chi connectivity index (χ0n) is 14.6. The van der Waals surface area contributed by atoms with E-state index in [-0.39, 0.29) is 10.9 Å². The monoisotopic (exact) mass is 401 g/mol. The molecule has 4 rings (SSSR count). The molecule has 0 amide bonds. The third-order valence-electron chi connectivity index (χ3n) is 5.00. The van der Waals surface area contributed by atoms with Crippen molar-refractivity contribution >= 4 is 33.3 Å². The summed E-state index contributed by atoms with van der Waals surface area (Å²) >= 11 is 1.39. The summed E-state index contributed by atoms with van der Waals surface area (Å²) in [5, 5.41) is 5.20. The van der Waals surface area contributed by atoms with E-state index < -0.39 is 15.6 Å². The Kier molecular flexibility index (Phi) is 4.61. The second-order valence-corrected chi connectivity index (χ2v) is 9.42. The number of carbonyl (C=O) groups excluding carboxylic acids is 1. The molecule has 140 valence electrons. The highest BCUT2D eigenvalue weighted by molar-refractivity contribution is 8.04. The molecule has 0 aromatic heterocycles. The molecule has 2 N–H and O–H groups in total. The Hall–Kier alpha value is -2.09. The van der Waals surface area contributed by atoms with Crippen LogP contribution in [0.25, 0.3) is 5.57 Å². The van der Waals surface area contributed by atoms with Crippen molar-refractivity contribution < 1.29 is 17.9 Å². The first-order valence-corrected chi connectivity index (χ1v) is 11.1. The number of esters is 1. The predicted octanol–water partition coefficient (Wildman–Crippen LogP) is 3.71. The van der Waals surface area contributed by atoms with Crippen LogP contribution in [0.15, 0.2) is 69.3 Å². The van der Waals surface area contributed by atoms with Gasteiger partial charge in [-0.05, 0) is 55.5 Å². The van der Waals surface area contributed by atoms with Gasteiger partial charge in [-0.25, -0.2) is 18.4 Å². The van der Waals surface area contributed by atoms with Crippen LogP contribution < -0.4 is 5.14 Å². The summed E-state index contributed by atoms with van der Waals surface area (Å²) in [4.78, 5) is 14.3. The zero-order valence-corrected chi connectivity index (χ0v) is 16.2. The lowest BCUT2D eigenvalue weighted by Crippen LogP contribution is -2.27. The number of rotatable bonds is 4. The standard InChI is InChI=1S/C20H19NO4S2/c21-27(23,24)16-10-8-14(9-11-16)17-18(26-15-6-2-1-3-7-15)19(22)25-20(17)12-4-5-13-20/h1-3,6-11H,4-5,12-13H2,(H2,21,23,24). The van der Waals surface area contributed by atoms with Crippen LogP contribution in [0.4, 0.5) is 0 Å². The summed E-state index contributed by atoms with van der Waals surface area (Å²) in [5.41, 5.74) is 1.05. The van der Waals surface area contributed by atoms with Gasteiger partial charge in [-0.15, -0.1) is 0 Å². The van der Waals surface area contributed by atoms with E-state index in [1.165, 1.54) is 23.9 Å². The minimum Gasteiger partial charge on any atom is -0.450 e. The van der Waals surface area contributed by atoms with E-state index in [1.807, 2.05) is 30.3 Å². The molecule has 2 aromatic carbocycles. The maximum atomic E-state index is 12.7. The molecule has 1 aliphatic carbocycles. The van der Waals surface area contributed by atoms with Crippen molar-refractivity contribution in [2.75, 3.05) is 0 Å². The normalized spacial score (nSPS) is 18.9. The quantitative estimate of drug-likeness (QED) is 0.790. The van der Waals surface area contributed by atoms with Gasteiger partial charge in [-0.3, -0.25) is 0 Å². The average Bonchev–Trinajstić information content (AvgIpc) is 3.20. The van der Waals surface area contributed by atoms with E-state index >= 15 is 0 Å². The summed E-state index contributed by atoms with van der Waals surface area (Å²) in [6, 6.07) is 16.1. The van der Waals surface area contributed by atoms with Gasteiger partial charge in [0.05, 0.1) is 4.90 Å². The number of benzene rings is 2. The molecule has 0 unspecified atom stereocenters. The van der Waals surface area contributed by atoms with Crippen LogP contribution in [-0.2, 0) is 19.6 Å². The average molecular weight is 402 g/mol. The molecular weight excluding hydrogens is 382 g/mol. The Morgan fingerprint density at radius 1 is 0.963 bits per heavy atom. The Balaban J connectivity index is 1.83. The number of nitrogens with two attached hydrogens (primary N) is 1. The molecule has 1 fully saturated rings. The fraction of sp³-hybridized carbons (Fsp3) is 0.250. The van der Waals surface area contributed by atoms with Crippen LogP contribution in [0, 0.1) is 0 Å². The number of hydrogen-bond acceptors (Lipinski definition) is 5. The molecule has 2 aliphatic rings. The van der Waals surface area contributed by atoms with Crippen LogP contribution in [0.2, 0.25) is 0 Å². The summed E-state index contributed by atoms with van der Waals surface area (Å²) < 4.78 is 29.0. The summed E-state index contributed by atoms with van der Waals surface area (Å²) in [7, 11) is -3.76. The van der Waals surface area contributed by atoms with Gasteiger partial charge >= 0.3 is 5.97 Å². The molecule has 2 aromatic rings. The Morgan fingerprint density at radius 2 is 1.59 bits per heavy atom. The first kappa shape index (κ1) is 18.3. The fourth-order valence-electron chi connectivity index (χ4n) is 3.79. The molecule has 0 bridgehead atoms. The Morgan fingerprint density at radius 3 is 2.19 bits per heavy atom. The van der Waals surface area contributed by atoms with Gasteiger partial charge in [0.1, 0.15) is 10.5 Å². The molecule has 0 atom stereocenters. The lowest BCUT2D eigenvalue weighted by molar-refractivity contribution is -0.144. The van der Waals surface area contributed by atoms with Gasteiger partial charge < -0.3 is 4.74 Å². The minimum absolute atomic E-state index is 0.0508. The lowest BCUT2D eigenvalue weighted by atomic mass is 9.87. The molecule has 1 aliphatic heterocycles. The molecule has 1 spiro atoms. The van der Waals surface area contributed by atoms with E-state index in [0.717, 1.165) is 41.7 Å². The largest absolute Gasteiger partial charge is 0.450 e. The van der Waals surface area contributed by atoms with E-state index in [1.54, 1.807) is 12.1 Å². The second kappa shape index (κ2) is 6.82. The number of ether oxygens (including phenoxy) is 1. The van der Waals surface area contributed by atoms with Crippen LogP contribution >= 0.6 is 11.8 Å². The molecule has 7 heteroatoms. The van der Waals surface area contributed by atoms with Gasteiger partial charge in [0, 0.05) is 10.5 Å². The zero-order chi connectivity index (χ0) is 19.1. The van der Waals surface area contributed by atoms with E-state index in [0.29, 0.717) is 4.91 Å². The maximum Gasteiger partial charge on any atom is 0.346 e. The molecule has 5 nitrogen and oxygen atoms in total. The topological polar surface area (TPSA) is 86.5 Å².